The van der Waals surface area contributed by atoms with Gasteiger partial charge in [-0.2, -0.15) is 0 Å². The third-order valence-electron chi connectivity index (χ3n) is 3.53. The van der Waals surface area contributed by atoms with Crippen LogP contribution in [-0.2, 0) is 21.4 Å². The Morgan fingerprint density at radius 3 is 2.56 bits per heavy atom. The maximum Gasteiger partial charge on any atom is 0.340 e. The molecule has 0 atom stereocenters. The molecular formula is C17H18ClNO5S. The molecule has 0 aliphatic carbocycles. The number of halogens is 1. The van der Waals surface area contributed by atoms with E-state index in [9.17, 15) is 13.2 Å². The summed E-state index contributed by atoms with van der Waals surface area (Å²) in [5, 5.41) is 0.108. The molecule has 0 heterocycles. The average Bonchev–Trinajstić information content (AvgIpc) is 2.60. The van der Waals surface area contributed by atoms with E-state index in [-0.39, 0.29) is 22.1 Å². The number of sulfonamides is 1. The maximum atomic E-state index is 12.3. The summed E-state index contributed by atoms with van der Waals surface area (Å²) in [6, 6.07) is 9.35. The molecule has 0 saturated carbocycles. The van der Waals surface area contributed by atoms with Crippen LogP contribution in [0.1, 0.15) is 21.5 Å². The van der Waals surface area contributed by atoms with Gasteiger partial charge in [0, 0.05) is 5.56 Å². The highest BCUT2D eigenvalue weighted by Crippen LogP contribution is 2.24. The van der Waals surface area contributed by atoms with Crippen LogP contribution in [0.25, 0.3) is 0 Å². The fourth-order valence-corrected chi connectivity index (χ4v) is 3.14. The summed E-state index contributed by atoms with van der Waals surface area (Å²) in [7, 11) is -0.880. The highest BCUT2D eigenvalue weighted by atomic mass is 35.5. The standard InChI is InChI=1S/C17H18ClNO5S/c1-11-4-7-16(23-3)12(8-11)10-24-17(20)14-9-13(5-6-15(14)18)25(21,22)19-2/h4-9,19H,10H2,1-3H3. The Balaban J connectivity index is 2.24. The lowest BCUT2D eigenvalue weighted by molar-refractivity contribution is 0.0470. The highest BCUT2D eigenvalue weighted by molar-refractivity contribution is 7.89. The van der Waals surface area contributed by atoms with Crippen molar-refractivity contribution >= 4 is 27.6 Å². The number of ether oxygens (including phenoxy) is 2. The molecule has 0 fully saturated rings. The summed E-state index contributed by atoms with van der Waals surface area (Å²) in [5.41, 5.74) is 1.67. The van der Waals surface area contributed by atoms with E-state index in [4.69, 9.17) is 21.1 Å². The van der Waals surface area contributed by atoms with Crippen molar-refractivity contribution in [1.82, 2.24) is 4.72 Å². The quantitative estimate of drug-likeness (QED) is 0.775. The van der Waals surface area contributed by atoms with Gasteiger partial charge in [-0.15, -0.1) is 0 Å². The molecule has 0 spiro atoms. The topological polar surface area (TPSA) is 81.7 Å². The third-order valence-corrected chi connectivity index (χ3v) is 5.27. The zero-order valence-corrected chi connectivity index (χ0v) is 15.6. The fourth-order valence-electron chi connectivity index (χ4n) is 2.19. The van der Waals surface area contributed by atoms with Crippen LogP contribution in [0.15, 0.2) is 41.3 Å². The monoisotopic (exact) mass is 383 g/mol. The first-order chi connectivity index (χ1) is 11.8. The van der Waals surface area contributed by atoms with Crippen LogP contribution in [0.2, 0.25) is 5.02 Å². The number of nitrogens with one attached hydrogen (secondary N) is 1. The largest absolute Gasteiger partial charge is 0.496 e. The van der Waals surface area contributed by atoms with Crippen molar-refractivity contribution in [2.75, 3.05) is 14.2 Å². The first-order valence-electron chi connectivity index (χ1n) is 7.32. The molecule has 2 rings (SSSR count). The van der Waals surface area contributed by atoms with Gasteiger partial charge in [-0.25, -0.2) is 17.9 Å². The summed E-state index contributed by atoms with van der Waals surface area (Å²) in [4.78, 5) is 12.3. The van der Waals surface area contributed by atoms with Crippen LogP contribution < -0.4 is 9.46 Å². The molecule has 6 nitrogen and oxygen atoms in total. The van der Waals surface area contributed by atoms with Gasteiger partial charge < -0.3 is 9.47 Å². The number of methoxy groups -OCH3 is 1. The van der Waals surface area contributed by atoms with Gasteiger partial charge in [0.2, 0.25) is 10.0 Å². The van der Waals surface area contributed by atoms with E-state index in [0.717, 1.165) is 5.56 Å². The predicted molar refractivity (Wildman–Crippen MR) is 94.5 cm³/mol. The number of carbonyl (C=O) groups excluding carboxylic acids is 1. The SMILES string of the molecule is CNS(=O)(=O)c1ccc(Cl)c(C(=O)OCc2cc(C)ccc2OC)c1. The summed E-state index contributed by atoms with van der Waals surface area (Å²) >= 11 is 6.01. The van der Waals surface area contributed by atoms with Crippen LogP contribution in [0.4, 0.5) is 0 Å². The third kappa shape index (κ3) is 4.50. The smallest absolute Gasteiger partial charge is 0.340 e. The van der Waals surface area contributed by atoms with Crippen LogP contribution in [0.5, 0.6) is 5.75 Å². The van der Waals surface area contributed by atoms with Gasteiger partial charge in [-0.3, -0.25) is 0 Å². The Morgan fingerprint density at radius 1 is 1.20 bits per heavy atom. The molecule has 0 radical (unpaired) electrons. The predicted octanol–water partition coefficient (Wildman–Crippen LogP) is 2.92. The zero-order chi connectivity index (χ0) is 18.6. The number of esters is 1. The molecule has 0 bridgehead atoms. The number of carbonyl (C=O) groups is 1. The van der Waals surface area contributed by atoms with Crippen LogP contribution in [0.3, 0.4) is 0 Å². The molecule has 134 valence electrons. The van der Waals surface area contributed by atoms with Crippen LogP contribution in [0, 0.1) is 6.92 Å². The molecule has 0 saturated heterocycles. The Hall–Kier alpha value is -2.09. The number of rotatable bonds is 6. The number of aryl methyl sites for hydroxylation is 1. The van der Waals surface area contributed by atoms with Gasteiger partial charge in [-0.1, -0.05) is 23.2 Å². The average molecular weight is 384 g/mol. The van der Waals surface area contributed by atoms with Crippen molar-refractivity contribution in [3.63, 3.8) is 0 Å². The van der Waals surface area contributed by atoms with E-state index in [0.29, 0.717) is 11.3 Å². The van der Waals surface area contributed by atoms with Gasteiger partial charge in [0.1, 0.15) is 12.4 Å². The van der Waals surface area contributed by atoms with E-state index >= 15 is 0 Å². The molecule has 0 aromatic heterocycles. The minimum absolute atomic E-state index is 0.0235. The van der Waals surface area contributed by atoms with Crippen molar-refractivity contribution in [3.8, 4) is 5.75 Å². The Kier molecular flexibility index (Phi) is 6.05. The summed E-state index contributed by atoms with van der Waals surface area (Å²) in [6.45, 7) is 1.89. The van der Waals surface area contributed by atoms with Crippen LogP contribution in [-0.4, -0.2) is 28.5 Å². The minimum Gasteiger partial charge on any atom is -0.496 e. The molecule has 1 N–H and O–H groups in total. The summed E-state index contributed by atoms with van der Waals surface area (Å²) in [5.74, 6) is -0.127. The first-order valence-corrected chi connectivity index (χ1v) is 9.18. The molecule has 2 aromatic rings. The second-order valence-electron chi connectivity index (χ2n) is 5.24. The van der Waals surface area contributed by atoms with Gasteiger partial charge in [0.15, 0.2) is 0 Å². The van der Waals surface area contributed by atoms with Crippen molar-refractivity contribution in [2.24, 2.45) is 0 Å². The molecular weight excluding hydrogens is 366 g/mol. The lowest BCUT2D eigenvalue weighted by Crippen LogP contribution is -2.19. The normalized spacial score (nSPS) is 11.2. The fraction of sp³-hybridized carbons (Fsp3) is 0.235. The van der Waals surface area contributed by atoms with Gasteiger partial charge in [0.25, 0.3) is 0 Å². The van der Waals surface area contributed by atoms with Gasteiger partial charge in [-0.05, 0) is 44.3 Å². The second kappa shape index (κ2) is 7.86. The number of benzene rings is 2. The molecule has 0 aliphatic heterocycles. The van der Waals surface area contributed by atoms with Gasteiger partial charge >= 0.3 is 5.97 Å². The second-order valence-corrected chi connectivity index (χ2v) is 7.53. The molecule has 0 amide bonds. The van der Waals surface area contributed by atoms with Crippen molar-refractivity contribution in [3.05, 3.63) is 58.1 Å². The Morgan fingerprint density at radius 2 is 1.92 bits per heavy atom. The first kappa shape index (κ1) is 19.2. The molecule has 8 heteroatoms. The maximum absolute atomic E-state index is 12.3. The molecule has 25 heavy (non-hydrogen) atoms. The molecule has 2 aromatic carbocycles. The Bertz CT molecular complexity index is 896. The number of hydrogen-bond acceptors (Lipinski definition) is 5. The zero-order valence-electron chi connectivity index (χ0n) is 14.0. The summed E-state index contributed by atoms with van der Waals surface area (Å²) in [6.07, 6.45) is 0. The molecule has 0 unspecified atom stereocenters. The molecule has 0 aliphatic rings. The van der Waals surface area contributed by atoms with E-state index in [1.807, 2.05) is 19.1 Å². The lowest BCUT2D eigenvalue weighted by Gasteiger charge is -2.11. The highest BCUT2D eigenvalue weighted by Gasteiger charge is 2.19. The van der Waals surface area contributed by atoms with Crippen molar-refractivity contribution in [2.45, 2.75) is 18.4 Å². The van der Waals surface area contributed by atoms with E-state index in [1.54, 1.807) is 6.07 Å². The minimum atomic E-state index is -3.69. The van der Waals surface area contributed by atoms with E-state index in [1.165, 1.54) is 32.4 Å². The van der Waals surface area contributed by atoms with E-state index < -0.39 is 16.0 Å². The lowest BCUT2D eigenvalue weighted by atomic mass is 10.1. The van der Waals surface area contributed by atoms with Crippen molar-refractivity contribution < 1.29 is 22.7 Å². The van der Waals surface area contributed by atoms with Crippen molar-refractivity contribution in [1.29, 1.82) is 0 Å². The van der Waals surface area contributed by atoms with E-state index in [2.05, 4.69) is 4.72 Å². The van der Waals surface area contributed by atoms with Gasteiger partial charge in [0.05, 0.1) is 22.6 Å². The summed E-state index contributed by atoms with van der Waals surface area (Å²) < 4.78 is 36.4. The number of hydrogen-bond donors (Lipinski definition) is 1. The Labute approximate surface area is 151 Å². The van der Waals surface area contributed by atoms with Crippen LogP contribution >= 0.6 is 11.6 Å².